The second-order valence-electron chi connectivity index (χ2n) is 7.89. The van der Waals surface area contributed by atoms with Gasteiger partial charge in [-0.3, -0.25) is 4.90 Å². The van der Waals surface area contributed by atoms with Gasteiger partial charge in [0.25, 0.3) is 5.88 Å². The minimum Gasteiger partial charge on any atom is -0.475 e. The molecule has 2 saturated heterocycles. The van der Waals surface area contributed by atoms with Gasteiger partial charge in [-0.1, -0.05) is 0 Å². The van der Waals surface area contributed by atoms with E-state index in [1.807, 2.05) is 12.4 Å². The molecule has 0 unspecified atom stereocenters. The van der Waals surface area contributed by atoms with Crippen LogP contribution in [0.4, 0.5) is 30.7 Å². The molecule has 0 amide bonds. The van der Waals surface area contributed by atoms with Crippen molar-refractivity contribution in [3.63, 3.8) is 0 Å². The van der Waals surface area contributed by atoms with Crippen LogP contribution in [0, 0.1) is 12.7 Å². The van der Waals surface area contributed by atoms with Crippen molar-refractivity contribution >= 4 is 23.3 Å². The Kier molecular flexibility index (Phi) is 10.8. The molecule has 2 aromatic rings. The van der Waals surface area contributed by atoms with E-state index in [1.165, 1.54) is 10.9 Å². The van der Waals surface area contributed by atoms with Crippen molar-refractivity contribution in [2.75, 3.05) is 13.2 Å². The number of thiazole rings is 1. The van der Waals surface area contributed by atoms with Crippen LogP contribution >= 0.6 is 11.3 Å². The molecule has 2 fully saturated rings. The van der Waals surface area contributed by atoms with Crippen molar-refractivity contribution in [3.8, 4) is 5.88 Å². The molecule has 3 atom stereocenters. The maximum absolute atomic E-state index is 13.9. The van der Waals surface area contributed by atoms with Crippen molar-refractivity contribution in [2.24, 2.45) is 0 Å². The molecule has 0 aliphatic carbocycles. The van der Waals surface area contributed by atoms with Gasteiger partial charge in [-0.25, -0.2) is 23.9 Å². The first-order valence-electron chi connectivity index (χ1n) is 10.7. The smallest absolute Gasteiger partial charge is 0.475 e. The van der Waals surface area contributed by atoms with E-state index in [0.29, 0.717) is 12.6 Å². The summed E-state index contributed by atoms with van der Waals surface area (Å²) in [6.07, 6.45) is -6.73. The van der Waals surface area contributed by atoms with Crippen LogP contribution in [0.15, 0.2) is 23.8 Å². The number of carboxylic acids is 2. The molecule has 17 heteroatoms. The first-order chi connectivity index (χ1) is 17.6. The van der Waals surface area contributed by atoms with Gasteiger partial charge in [0.1, 0.15) is 12.2 Å². The van der Waals surface area contributed by atoms with Gasteiger partial charge in [0.2, 0.25) is 0 Å². The van der Waals surface area contributed by atoms with Crippen LogP contribution in [-0.2, 0) is 20.9 Å². The van der Waals surface area contributed by atoms with Gasteiger partial charge in [-0.15, -0.1) is 11.3 Å². The molecule has 2 aromatic heterocycles. The highest BCUT2D eigenvalue weighted by atomic mass is 32.1. The van der Waals surface area contributed by atoms with Gasteiger partial charge < -0.3 is 19.7 Å². The average Bonchev–Trinajstić information content (AvgIpc) is 3.38. The van der Waals surface area contributed by atoms with Crippen LogP contribution in [0.2, 0.25) is 0 Å². The van der Waals surface area contributed by atoms with Gasteiger partial charge in [-0.05, 0) is 31.9 Å². The fourth-order valence-corrected chi connectivity index (χ4v) is 4.35. The fraction of sp³-hybridized carbons (Fsp3) is 0.524. The second kappa shape index (κ2) is 13.1. The normalized spacial score (nSPS) is 21.3. The van der Waals surface area contributed by atoms with Crippen molar-refractivity contribution in [1.82, 2.24) is 14.9 Å². The number of hydrogen-bond acceptors (Lipinski definition) is 8. The third kappa shape index (κ3) is 9.05. The molecule has 0 saturated carbocycles. The largest absolute Gasteiger partial charge is 0.490 e. The standard InChI is InChI=1S/C17H20FN3O2S.2C2HF3O2/c1-11-15(24-10-20-11)9-21-8-14(16-13(21)5-3-7-22-16)23-17-12(18)4-2-6-19-17;2*3-2(4,5)1(6)7/h2,4,6,10,13-14,16H,3,5,7-9H2,1H3;2*(H,6,7)/t13-,14-,16+;;/m1../s1. The van der Waals surface area contributed by atoms with Gasteiger partial charge in [0.05, 0.1) is 11.2 Å². The molecule has 2 N–H and O–H groups in total. The average molecular weight is 577 g/mol. The number of nitrogens with zero attached hydrogens (tertiary/aromatic N) is 3. The summed E-state index contributed by atoms with van der Waals surface area (Å²) in [5, 5.41) is 14.2. The molecule has 4 rings (SSSR count). The zero-order valence-electron chi connectivity index (χ0n) is 19.5. The summed E-state index contributed by atoms with van der Waals surface area (Å²) in [5.41, 5.74) is 2.96. The van der Waals surface area contributed by atoms with Crippen molar-refractivity contribution < 1.29 is 60.0 Å². The SMILES string of the molecule is Cc1ncsc1CN1C[C@@H](Oc2ncccc2F)[C@H]2OCCC[C@H]21.O=C(O)C(F)(F)F.O=C(O)C(F)(F)F. The highest BCUT2D eigenvalue weighted by molar-refractivity contribution is 7.09. The molecule has 0 bridgehead atoms. The van der Waals surface area contributed by atoms with Crippen molar-refractivity contribution in [1.29, 1.82) is 0 Å². The van der Waals surface area contributed by atoms with E-state index in [-0.39, 0.29) is 18.1 Å². The maximum Gasteiger partial charge on any atom is 0.490 e. The second-order valence-corrected chi connectivity index (χ2v) is 8.83. The number of ether oxygens (including phenoxy) is 2. The van der Waals surface area contributed by atoms with E-state index in [9.17, 15) is 30.7 Å². The number of likely N-dealkylation sites (tertiary alicyclic amines) is 1. The van der Waals surface area contributed by atoms with E-state index in [4.69, 9.17) is 29.3 Å². The van der Waals surface area contributed by atoms with Crippen LogP contribution in [0.5, 0.6) is 5.88 Å². The Balaban J connectivity index is 0.000000301. The number of carboxylic acid groups (broad SMARTS) is 2. The third-order valence-corrected chi connectivity index (χ3v) is 6.17. The summed E-state index contributed by atoms with van der Waals surface area (Å²) in [7, 11) is 0. The minimum absolute atomic E-state index is 0.0339. The van der Waals surface area contributed by atoms with Crippen LogP contribution in [0.25, 0.3) is 0 Å². The predicted octanol–water partition coefficient (Wildman–Crippen LogP) is 4.06. The molecule has 2 aliphatic heterocycles. The van der Waals surface area contributed by atoms with E-state index >= 15 is 0 Å². The lowest BCUT2D eigenvalue weighted by atomic mass is 10.0. The first kappa shape index (κ1) is 31.2. The summed E-state index contributed by atoms with van der Waals surface area (Å²) in [5.74, 6) is -5.88. The number of pyridine rings is 1. The predicted molar refractivity (Wildman–Crippen MR) is 116 cm³/mol. The molecule has 212 valence electrons. The summed E-state index contributed by atoms with van der Waals surface area (Å²) in [4.78, 5) is 29.8. The van der Waals surface area contributed by atoms with Crippen LogP contribution in [0.1, 0.15) is 23.4 Å². The lowest BCUT2D eigenvalue weighted by Crippen LogP contribution is -2.42. The summed E-state index contributed by atoms with van der Waals surface area (Å²) in [6, 6.07) is 3.24. The summed E-state index contributed by atoms with van der Waals surface area (Å²) >= 11 is 1.68. The molecule has 0 radical (unpaired) electrons. The Morgan fingerprint density at radius 3 is 2.26 bits per heavy atom. The lowest BCUT2D eigenvalue weighted by Gasteiger charge is -2.32. The topological polar surface area (TPSA) is 122 Å². The van der Waals surface area contributed by atoms with Gasteiger partial charge in [-0.2, -0.15) is 26.3 Å². The Hall–Kier alpha value is -3.05. The van der Waals surface area contributed by atoms with Crippen molar-refractivity contribution in [2.45, 2.75) is 56.9 Å². The Morgan fingerprint density at radius 2 is 1.76 bits per heavy atom. The molecule has 9 nitrogen and oxygen atoms in total. The first-order valence-corrected chi connectivity index (χ1v) is 11.6. The number of carbonyl (C=O) groups is 2. The molecule has 2 aliphatic rings. The lowest BCUT2D eigenvalue weighted by molar-refractivity contribution is -0.193. The number of rotatable bonds is 4. The Bertz CT molecular complexity index is 1060. The van der Waals surface area contributed by atoms with Crippen LogP contribution in [-0.4, -0.2) is 80.8 Å². The number of hydrogen-bond donors (Lipinski definition) is 2. The van der Waals surface area contributed by atoms with E-state index < -0.39 is 30.1 Å². The quantitative estimate of drug-likeness (QED) is 0.518. The number of aryl methyl sites for hydroxylation is 1. The third-order valence-electron chi connectivity index (χ3n) is 5.25. The highest BCUT2D eigenvalue weighted by Crippen LogP contribution is 2.33. The van der Waals surface area contributed by atoms with Gasteiger partial charge in [0.15, 0.2) is 5.82 Å². The minimum atomic E-state index is -5.08. The number of alkyl halides is 6. The number of aliphatic carboxylic acids is 2. The van der Waals surface area contributed by atoms with E-state index in [1.54, 1.807) is 23.6 Å². The Labute approximate surface area is 214 Å². The van der Waals surface area contributed by atoms with Gasteiger partial charge in [0, 0.05) is 36.8 Å². The maximum atomic E-state index is 13.9. The summed E-state index contributed by atoms with van der Waals surface area (Å²) in [6.45, 7) is 4.32. The Morgan fingerprint density at radius 1 is 1.16 bits per heavy atom. The number of fused-ring (bicyclic) bond motifs is 1. The fourth-order valence-electron chi connectivity index (χ4n) is 3.55. The number of halogens is 7. The molecule has 38 heavy (non-hydrogen) atoms. The van der Waals surface area contributed by atoms with Crippen LogP contribution in [0.3, 0.4) is 0 Å². The van der Waals surface area contributed by atoms with Crippen LogP contribution < -0.4 is 4.74 Å². The molecular weight excluding hydrogens is 555 g/mol. The van der Waals surface area contributed by atoms with Crippen molar-refractivity contribution in [3.05, 3.63) is 40.2 Å². The molecule has 0 aromatic carbocycles. The zero-order valence-corrected chi connectivity index (χ0v) is 20.3. The zero-order chi connectivity index (χ0) is 28.7. The monoisotopic (exact) mass is 577 g/mol. The number of aromatic nitrogens is 2. The van der Waals surface area contributed by atoms with E-state index in [0.717, 1.165) is 31.7 Å². The van der Waals surface area contributed by atoms with Gasteiger partial charge >= 0.3 is 24.3 Å². The highest BCUT2D eigenvalue weighted by Gasteiger charge is 2.46. The van der Waals surface area contributed by atoms with E-state index in [2.05, 4.69) is 14.9 Å². The molecule has 0 spiro atoms. The summed E-state index contributed by atoms with van der Waals surface area (Å²) < 4.78 is 89.2. The molecular formula is C21H22F7N3O6S. The molecule has 4 heterocycles.